The number of aliphatic hydroxyl groups excluding tert-OH is 2. The van der Waals surface area contributed by atoms with Gasteiger partial charge in [-0.05, 0) is 24.6 Å². The summed E-state index contributed by atoms with van der Waals surface area (Å²) in [5.41, 5.74) is 0.691. The highest BCUT2D eigenvalue weighted by Gasteiger charge is 2.20. The molecule has 0 saturated carbocycles. The number of thioether (sulfide) groups is 1. The average Bonchev–Trinajstić information content (AvgIpc) is 2.35. The maximum atomic E-state index is 11.3. The van der Waals surface area contributed by atoms with Gasteiger partial charge in [0.15, 0.2) is 10.9 Å². The zero-order chi connectivity index (χ0) is 14.6. The van der Waals surface area contributed by atoms with Crippen LogP contribution in [0.2, 0.25) is 5.02 Å². The highest BCUT2D eigenvalue weighted by Crippen LogP contribution is 2.25. The van der Waals surface area contributed by atoms with Gasteiger partial charge in [0.2, 0.25) is 0 Å². The zero-order valence-corrected chi connectivity index (χ0v) is 12.2. The van der Waals surface area contributed by atoms with Gasteiger partial charge in [-0.25, -0.2) is 0 Å². The Kier molecular flexibility index (Phi) is 6.00. The SMILES string of the molecule is CC(=O)SCC(O)C(O)c1ccc(Cl)c(C(C)=O)c1. The third-order valence-electron chi connectivity index (χ3n) is 2.53. The van der Waals surface area contributed by atoms with E-state index in [0.717, 1.165) is 11.8 Å². The van der Waals surface area contributed by atoms with Gasteiger partial charge >= 0.3 is 0 Å². The van der Waals surface area contributed by atoms with E-state index < -0.39 is 12.2 Å². The molecule has 6 heteroatoms. The van der Waals surface area contributed by atoms with Gasteiger partial charge < -0.3 is 10.2 Å². The number of ketones is 1. The van der Waals surface area contributed by atoms with Crippen LogP contribution in [0.1, 0.15) is 35.9 Å². The summed E-state index contributed by atoms with van der Waals surface area (Å²) in [6.07, 6.45) is -2.25. The topological polar surface area (TPSA) is 74.6 Å². The molecule has 2 atom stereocenters. The zero-order valence-electron chi connectivity index (χ0n) is 10.6. The van der Waals surface area contributed by atoms with Crippen molar-refractivity contribution in [1.82, 2.24) is 0 Å². The summed E-state index contributed by atoms with van der Waals surface area (Å²) in [6.45, 7) is 2.76. The fourth-order valence-electron chi connectivity index (χ4n) is 1.51. The van der Waals surface area contributed by atoms with E-state index in [1.165, 1.54) is 26.0 Å². The number of halogens is 1. The molecule has 0 aliphatic carbocycles. The molecule has 1 rings (SSSR count). The summed E-state index contributed by atoms with van der Waals surface area (Å²) < 4.78 is 0. The maximum absolute atomic E-state index is 11.3. The molecule has 2 N–H and O–H groups in total. The lowest BCUT2D eigenvalue weighted by atomic mass is 10.0. The minimum absolute atomic E-state index is 0.0918. The van der Waals surface area contributed by atoms with Crippen LogP contribution in [-0.4, -0.2) is 33.0 Å². The van der Waals surface area contributed by atoms with Gasteiger partial charge in [0, 0.05) is 18.2 Å². The minimum Gasteiger partial charge on any atom is -0.389 e. The Labute approximate surface area is 120 Å². The number of hydrogen-bond acceptors (Lipinski definition) is 5. The number of benzene rings is 1. The second-order valence-electron chi connectivity index (χ2n) is 4.11. The van der Waals surface area contributed by atoms with Crippen molar-refractivity contribution in [3.63, 3.8) is 0 Å². The summed E-state index contributed by atoms with van der Waals surface area (Å²) in [4.78, 5) is 22.2. The molecule has 0 heterocycles. The van der Waals surface area contributed by atoms with Crippen molar-refractivity contribution in [2.45, 2.75) is 26.1 Å². The van der Waals surface area contributed by atoms with E-state index in [1.807, 2.05) is 0 Å². The Morgan fingerprint density at radius 3 is 2.47 bits per heavy atom. The lowest BCUT2D eigenvalue weighted by Crippen LogP contribution is -2.21. The Morgan fingerprint density at radius 2 is 1.95 bits per heavy atom. The lowest BCUT2D eigenvalue weighted by Gasteiger charge is -2.18. The molecule has 0 saturated heterocycles. The molecule has 0 radical (unpaired) electrons. The number of rotatable bonds is 5. The Bertz CT molecular complexity index is 490. The molecule has 19 heavy (non-hydrogen) atoms. The van der Waals surface area contributed by atoms with Crippen molar-refractivity contribution in [2.75, 3.05) is 5.75 Å². The van der Waals surface area contributed by atoms with Gasteiger partial charge in [-0.1, -0.05) is 29.4 Å². The van der Waals surface area contributed by atoms with Crippen molar-refractivity contribution in [1.29, 1.82) is 0 Å². The van der Waals surface area contributed by atoms with E-state index in [0.29, 0.717) is 16.1 Å². The number of carbonyl (C=O) groups excluding carboxylic acids is 2. The van der Waals surface area contributed by atoms with E-state index >= 15 is 0 Å². The molecule has 104 valence electrons. The van der Waals surface area contributed by atoms with E-state index in [-0.39, 0.29) is 16.7 Å². The molecule has 0 fully saturated rings. The lowest BCUT2D eigenvalue weighted by molar-refractivity contribution is -0.109. The van der Waals surface area contributed by atoms with Crippen LogP contribution in [0.4, 0.5) is 0 Å². The molecule has 2 unspecified atom stereocenters. The van der Waals surface area contributed by atoms with Gasteiger partial charge in [-0.15, -0.1) is 0 Å². The first-order chi connectivity index (χ1) is 8.82. The first-order valence-corrected chi connectivity index (χ1v) is 6.99. The molecule has 1 aromatic carbocycles. The smallest absolute Gasteiger partial charge is 0.185 e. The molecule has 1 aromatic rings. The van der Waals surface area contributed by atoms with Crippen molar-refractivity contribution in [3.05, 3.63) is 34.3 Å². The molecule has 0 amide bonds. The monoisotopic (exact) mass is 302 g/mol. The molecule has 0 aromatic heterocycles. The third-order valence-corrected chi connectivity index (χ3v) is 3.78. The van der Waals surface area contributed by atoms with Crippen molar-refractivity contribution in [3.8, 4) is 0 Å². The van der Waals surface area contributed by atoms with Gasteiger partial charge in [0.1, 0.15) is 6.10 Å². The van der Waals surface area contributed by atoms with Gasteiger partial charge in [0.05, 0.1) is 11.1 Å². The second-order valence-corrected chi connectivity index (χ2v) is 5.71. The molecule has 0 aliphatic rings. The van der Waals surface area contributed by atoms with Gasteiger partial charge in [-0.3, -0.25) is 9.59 Å². The van der Waals surface area contributed by atoms with Crippen LogP contribution in [0, 0.1) is 0 Å². The van der Waals surface area contributed by atoms with Crippen molar-refractivity contribution in [2.24, 2.45) is 0 Å². The van der Waals surface area contributed by atoms with Crippen LogP contribution in [0.15, 0.2) is 18.2 Å². The van der Waals surface area contributed by atoms with Crippen LogP contribution in [0.5, 0.6) is 0 Å². The first-order valence-electron chi connectivity index (χ1n) is 5.62. The summed E-state index contributed by atoms with van der Waals surface area (Å²) in [7, 11) is 0. The Balaban J connectivity index is 2.87. The van der Waals surface area contributed by atoms with Crippen LogP contribution in [0.3, 0.4) is 0 Å². The van der Waals surface area contributed by atoms with Crippen molar-refractivity contribution < 1.29 is 19.8 Å². The standard InChI is InChI=1S/C13H15ClO4S/c1-7(15)10-5-9(3-4-11(10)14)13(18)12(17)6-19-8(2)16/h3-5,12-13,17-18H,6H2,1-2H3. The fraction of sp³-hybridized carbons (Fsp3) is 0.385. The Hall–Kier alpha value is -0.880. The third kappa shape index (κ3) is 4.62. The van der Waals surface area contributed by atoms with Crippen molar-refractivity contribution >= 4 is 34.3 Å². The number of Topliss-reactive ketones (excluding diaryl/α,β-unsaturated/α-hetero) is 1. The normalized spacial score (nSPS) is 13.9. The molecular formula is C13H15ClO4S. The molecular weight excluding hydrogens is 288 g/mol. The summed E-state index contributed by atoms with van der Waals surface area (Å²) in [6, 6.07) is 4.50. The summed E-state index contributed by atoms with van der Waals surface area (Å²) in [5, 5.41) is 19.9. The number of carbonyl (C=O) groups is 2. The summed E-state index contributed by atoms with van der Waals surface area (Å²) in [5.74, 6) is -0.124. The minimum atomic E-state index is -1.16. The first kappa shape index (κ1) is 16.2. The van der Waals surface area contributed by atoms with E-state index in [1.54, 1.807) is 6.07 Å². The Morgan fingerprint density at radius 1 is 1.32 bits per heavy atom. The number of aliphatic hydroxyl groups is 2. The van der Waals surface area contributed by atoms with Crippen LogP contribution in [0.25, 0.3) is 0 Å². The predicted octanol–water partition coefficient (Wildman–Crippen LogP) is 2.22. The molecule has 4 nitrogen and oxygen atoms in total. The quantitative estimate of drug-likeness (QED) is 0.816. The molecule has 0 aliphatic heterocycles. The van der Waals surface area contributed by atoms with E-state index in [2.05, 4.69) is 0 Å². The largest absolute Gasteiger partial charge is 0.389 e. The van der Waals surface area contributed by atoms with Gasteiger partial charge in [-0.2, -0.15) is 0 Å². The maximum Gasteiger partial charge on any atom is 0.185 e. The van der Waals surface area contributed by atoms with Crippen LogP contribution in [-0.2, 0) is 4.79 Å². The average molecular weight is 303 g/mol. The highest BCUT2D eigenvalue weighted by atomic mass is 35.5. The molecule has 0 bridgehead atoms. The van der Waals surface area contributed by atoms with Crippen LogP contribution < -0.4 is 0 Å². The second kappa shape index (κ2) is 7.05. The molecule has 0 spiro atoms. The highest BCUT2D eigenvalue weighted by molar-refractivity contribution is 8.13. The van der Waals surface area contributed by atoms with Crippen LogP contribution >= 0.6 is 23.4 Å². The van der Waals surface area contributed by atoms with E-state index in [4.69, 9.17) is 11.6 Å². The summed E-state index contributed by atoms with van der Waals surface area (Å²) >= 11 is 6.80. The van der Waals surface area contributed by atoms with Gasteiger partial charge in [0.25, 0.3) is 0 Å². The fourth-order valence-corrected chi connectivity index (χ4v) is 2.35. The predicted molar refractivity (Wildman–Crippen MR) is 75.6 cm³/mol. The van der Waals surface area contributed by atoms with E-state index in [9.17, 15) is 19.8 Å². The number of hydrogen-bond donors (Lipinski definition) is 2.